The van der Waals surface area contributed by atoms with E-state index in [1.165, 1.54) is 0 Å². The average Bonchev–Trinajstić information content (AvgIpc) is 2.94. The normalized spacial score (nSPS) is 23.4. The van der Waals surface area contributed by atoms with E-state index in [1.807, 2.05) is 37.3 Å². The molecule has 4 heteroatoms. The van der Waals surface area contributed by atoms with Crippen molar-refractivity contribution in [1.82, 2.24) is 0 Å². The number of hydrogen-bond acceptors (Lipinski definition) is 3. The molecule has 1 saturated carbocycles. The first-order chi connectivity index (χ1) is 9.59. The van der Waals surface area contributed by atoms with Crippen molar-refractivity contribution >= 4 is 5.78 Å². The molecule has 1 aromatic carbocycles. The van der Waals surface area contributed by atoms with E-state index in [0.717, 1.165) is 24.8 Å². The van der Waals surface area contributed by atoms with Gasteiger partial charge in [-0.3, -0.25) is 14.9 Å². The monoisotopic (exact) mass is 275 g/mol. The molecular weight excluding hydrogens is 254 g/mol. The van der Waals surface area contributed by atoms with Gasteiger partial charge in [0.05, 0.1) is 0 Å². The highest BCUT2D eigenvalue weighted by atomic mass is 16.6. The lowest BCUT2D eigenvalue weighted by Crippen LogP contribution is -2.32. The molecule has 0 N–H and O–H groups in total. The molecule has 0 radical (unpaired) electrons. The second kappa shape index (κ2) is 6.64. The predicted molar refractivity (Wildman–Crippen MR) is 77.1 cm³/mol. The predicted octanol–water partition coefficient (Wildman–Crippen LogP) is 3.27. The van der Waals surface area contributed by atoms with Crippen molar-refractivity contribution in [1.29, 1.82) is 0 Å². The fraction of sp³-hybridized carbons (Fsp3) is 0.562. The van der Waals surface area contributed by atoms with Crippen LogP contribution >= 0.6 is 0 Å². The summed E-state index contributed by atoms with van der Waals surface area (Å²) in [6, 6.07) is 9.37. The standard InChI is InChI=1S/C16H21NO3/c1-12(14-8-5-9-15(14)17(19)20)16(18)11-10-13-6-3-2-4-7-13/h2-4,6-7,12,14-15H,5,8-11H2,1H3/t12?,14-,15-/m0/s1. The maximum atomic E-state index is 12.2. The van der Waals surface area contributed by atoms with Crippen LogP contribution in [0.4, 0.5) is 0 Å². The Labute approximate surface area is 119 Å². The molecule has 1 aromatic rings. The third-order valence-corrected chi connectivity index (χ3v) is 4.46. The smallest absolute Gasteiger partial charge is 0.216 e. The Kier molecular flexibility index (Phi) is 4.88. The quantitative estimate of drug-likeness (QED) is 0.591. The third kappa shape index (κ3) is 3.44. The summed E-state index contributed by atoms with van der Waals surface area (Å²) < 4.78 is 0. The van der Waals surface area contributed by atoms with Crippen LogP contribution in [0.3, 0.4) is 0 Å². The molecule has 4 nitrogen and oxygen atoms in total. The van der Waals surface area contributed by atoms with Gasteiger partial charge >= 0.3 is 0 Å². The fourth-order valence-corrected chi connectivity index (χ4v) is 3.19. The SMILES string of the molecule is CC(C(=O)CCc1ccccc1)[C@@H]1CCC[C@@H]1[N+](=O)[O-]. The summed E-state index contributed by atoms with van der Waals surface area (Å²) in [6.45, 7) is 1.86. The molecule has 1 aliphatic rings. The van der Waals surface area contributed by atoms with E-state index in [9.17, 15) is 14.9 Å². The van der Waals surface area contributed by atoms with Crippen LogP contribution in [-0.2, 0) is 11.2 Å². The van der Waals surface area contributed by atoms with Crippen molar-refractivity contribution in [3.63, 3.8) is 0 Å². The highest BCUT2D eigenvalue weighted by Crippen LogP contribution is 2.34. The van der Waals surface area contributed by atoms with Crippen LogP contribution < -0.4 is 0 Å². The van der Waals surface area contributed by atoms with Crippen LogP contribution in [0.1, 0.15) is 38.2 Å². The van der Waals surface area contributed by atoms with Gasteiger partial charge in [-0.05, 0) is 24.8 Å². The number of nitro groups is 1. The summed E-state index contributed by atoms with van der Waals surface area (Å²) in [7, 11) is 0. The van der Waals surface area contributed by atoms with Crippen LogP contribution in [0.5, 0.6) is 0 Å². The van der Waals surface area contributed by atoms with E-state index in [2.05, 4.69) is 0 Å². The minimum Gasteiger partial charge on any atom is -0.299 e. The zero-order chi connectivity index (χ0) is 14.5. The van der Waals surface area contributed by atoms with Crippen LogP contribution in [0.15, 0.2) is 30.3 Å². The summed E-state index contributed by atoms with van der Waals surface area (Å²) in [4.78, 5) is 23.1. The molecule has 0 bridgehead atoms. The molecule has 3 atom stereocenters. The second-order valence-corrected chi connectivity index (χ2v) is 5.69. The summed E-state index contributed by atoms with van der Waals surface area (Å²) in [5.74, 6) is -0.113. The molecule has 20 heavy (non-hydrogen) atoms. The van der Waals surface area contributed by atoms with Crippen molar-refractivity contribution in [3.05, 3.63) is 46.0 Å². The van der Waals surface area contributed by atoms with Gasteiger partial charge in [-0.2, -0.15) is 0 Å². The molecule has 0 heterocycles. The second-order valence-electron chi connectivity index (χ2n) is 5.69. The number of rotatable bonds is 6. The van der Waals surface area contributed by atoms with Crippen LogP contribution in [0.25, 0.3) is 0 Å². The van der Waals surface area contributed by atoms with E-state index < -0.39 is 6.04 Å². The fourth-order valence-electron chi connectivity index (χ4n) is 3.19. The van der Waals surface area contributed by atoms with Crippen LogP contribution in [0, 0.1) is 22.0 Å². The number of benzene rings is 1. The molecule has 0 aliphatic heterocycles. The summed E-state index contributed by atoms with van der Waals surface area (Å²) >= 11 is 0. The van der Waals surface area contributed by atoms with Crippen molar-refractivity contribution < 1.29 is 9.72 Å². The molecule has 0 aromatic heterocycles. The van der Waals surface area contributed by atoms with Crippen LogP contribution in [0.2, 0.25) is 0 Å². The van der Waals surface area contributed by atoms with Crippen LogP contribution in [-0.4, -0.2) is 16.7 Å². The number of nitrogens with zero attached hydrogens (tertiary/aromatic N) is 1. The highest BCUT2D eigenvalue weighted by molar-refractivity contribution is 5.81. The van der Waals surface area contributed by atoms with Crippen molar-refractivity contribution in [3.8, 4) is 0 Å². The summed E-state index contributed by atoms with van der Waals surface area (Å²) in [5.41, 5.74) is 1.14. The summed E-state index contributed by atoms with van der Waals surface area (Å²) in [5, 5.41) is 11.0. The Morgan fingerprint density at radius 2 is 2.05 bits per heavy atom. The Morgan fingerprint density at radius 3 is 2.70 bits per heavy atom. The van der Waals surface area contributed by atoms with Gasteiger partial charge < -0.3 is 0 Å². The number of carbonyl (C=O) groups is 1. The van der Waals surface area contributed by atoms with Gasteiger partial charge in [0.15, 0.2) is 0 Å². The molecule has 0 saturated heterocycles. The van der Waals surface area contributed by atoms with Gasteiger partial charge in [-0.15, -0.1) is 0 Å². The van der Waals surface area contributed by atoms with Gasteiger partial charge in [-0.1, -0.05) is 37.3 Å². The van der Waals surface area contributed by atoms with Gasteiger partial charge in [0.1, 0.15) is 5.78 Å². The van der Waals surface area contributed by atoms with Gasteiger partial charge in [0.2, 0.25) is 6.04 Å². The van der Waals surface area contributed by atoms with Gasteiger partial charge in [0, 0.05) is 29.6 Å². The third-order valence-electron chi connectivity index (χ3n) is 4.46. The van der Waals surface area contributed by atoms with E-state index in [1.54, 1.807) is 0 Å². The van der Waals surface area contributed by atoms with E-state index >= 15 is 0 Å². The zero-order valence-electron chi connectivity index (χ0n) is 11.8. The maximum absolute atomic E-state index is 12.2. The number of Topliss-reactive ketones (excluding diaryl/α,β-unsaturated/α-hetero) is 1. The number of carbonyl (C=O) groups excluding carboxylic acids is 1. The average molecular weight is 275 g/mol. The van der Waals surface area contributed by atoms with Gasteiger partial charge in [-0.25, -0.2) is 0 Å². The summed E-state index contributed by atoms with van der Waals surface area (Å²) in [6.07, 6.45) is 3.50. The first kappa shape index (κ1) is 14.7. The zero-order valence-corrected chi connectivity index (χ0v) is 11.8. The lowest BCUT2D eigenvalue weighted by Gasteiger charge is -2.19. The largest absolute Gasteiger partial charge is 0.299 e. The first-order valence-electron chi connectivity index (χ1n) is 7.29. The molecule has 0 amide bonds. The van der Waals surface area contributed by atoms with Crippen molar-refractivity contribution in [2.45, 2.75) is 45.1 Å². The number of aryl methyl sites for hydroxylation is 1. The molecular formula is C16H21NO3. The Hall–Kier alpha value is -1.71. The molecule has 0 spiro atoms. The lowest BCUT2D eigenvalue weighted by molar-refractivity contribution is -0.529. The van der Waals surface area contributed by atoms with Gasteiger partial charge in [0.25, 0.3) is 0 Å². The van der Waals surface area contributed by atoms with E-state index in [0.29, 0.717) is 12.8 Å². The Morgan fingerprint density at radius 1 is 1.35 bits per heavy atom. The highest BCUT2D eigenvalue weighted by Gasteiger charge is 2.41. The van der Waals surface area contributed by atoms with E-state index in [4.69, 9.17) is 0 Å². The minimum absolute atomic E-state index is 0.0757. The Balaban J connectivity index is 1.90. The Bertz CT molecular complexity index is 472. The molecule has 1 aliphatic carbocycles. The maximum Gasteiger partial charge on any atom is 0.216 e. The van der Waals surface area contributed by atoms with E-state index in [-0.39, 0.29) is 22.5 Å². The molecule has 2 rings (SSSR count). The lowest BCUT2D eigenvalue weighted by atomic mass is 9.84. The molecule has 1 fully saturated rings. The van der Waals surface area contributed by atoms with Crippen molar-refractivity contribution in [2.75, 3.05) is 0 Å². The van der Waals surface area contributed by atoms with Crippen molar-refractivity contribution in [2.24, 2.45) is 11.8 Å². The molecule has 108 valence electrons. The minimum atomic E-state index is -0.523. The number of hydrogen-bond donors (Lipinski definition) is 0. The number of ketones is 1. The first-order valence-corrected chi connectivity index (χ1v) is 7.29. The topological polar surface area (TPSA) is 60.2 Å². The molecule has 1 unspecified atom stereocenters.